The minimum absolute atomic E-state index is 0.0316. The third kappa shape index (κ3) is 5.23. The highest BCUT2D eigenvalue weighted by Gasteiger charge is 2.38. The Balaban J connectivity index is 2.87. The van der Waals surface area contributed by atoms with Gasteiger partial charge in [-0.05, 0) is 51.3 Å². The molecule has 128 valence electrons. The van der Waals surface area contributed by atoms with Crippen molar-refractivity contribution in [2.45, 2.75) is 52.6 Å². The van der Waals surface area contributed by atoms with E-state index < -0.39 is 17.1 Å². The molecule has 0 aliphatic rings. The maximum absolute atomic E-state index is 12.7. The average molecular weight is 385 g/mol. The van der Waals surface area contributed by atoms with E-state index in [9.17, 15) is 9.59 Å². The number of benzene rings is 1. The molecule has 0 aliphatic heterocycles. The van der Waals surface area contributed by atoms with Crippen molar-refractivity contribution in [3.8, 4) is 0 Å². The molecule has 23 heavy (non-hydrogen) atoms. The molecule has 1 atom stereocenters. The molecule has 0 saturated carbocycles. The first-order chi connectivity index (χ1) is 10.5. The van der Waals surface area contributed by atoms with Crippen molar-refractivity contribution >= 4 is 27.9 Å². The number of carbonyl (C=O) groups excluding carboxylic acids is 2. The number of carbonyl (C=O) groups is 2. The van der Waals surface area contributed by atoms with E-state index in [1.54, 1.807) is 20.8 Å². The zero-order chi connectivity index (χ0) is 17.8. The monoisotopic (exact) mass is 384 g/mol. The highest BCUT2D eigenvalue weighted by molar-refractivity contribution is 9.10. The molecule has 0 saturated heterocycles. The van der Waals surface area contributed by atoms with E-state index in [1.165, 1.54) is 0 Å². The molecule has 0 heterocycles. The number of rotatable bonds is 3. The Morgan fingerprint density at radius 3 is 2.00 bits per heavy atom. The lowest BCUT2D eigenvalue weighted by molar-refractivity contribution is -0.128. The first-order valence-electron chi connectivity index (χ1n) is 7.52. The summed E-state index contributed by atoms with van der Waals surface area (Å²) in [5, 5.41) is 0. The van der Waals surface area contributed by atoms with E-state index in [0.717, 1.165) is 10.0 Å². The molecule has 5 nitrogen and oxygen atoms in total. The van der Waals surface area contributed by atoms with Gasteiger partial charge in [0.15, 0.2) is 0 Å². The smallest absolute Gasteiger partial charge is 0.426 e. The van der Waals surface area contributed by atoms with Crippen molar-refractivity contribution in [2.75, 3.05) is 0 Å². The molecule has 0 fully saturated rings. The predicted octanol–water partition coefficient (Wildman–Crippen LogP) is 3.92. The molecule has 0 radical (unpaired) electrons. The highest BCUT2D eigenvalue weighted by atomic mass is 79.9. The molecule has 1 aromatic carbocycles. The average Bonchev–Trinajstić information content (AvgIpc) is 2.42. The number of nitrogens with one attached hydrogen (secondary N) is 2. The van der Waals surface area contributed by atoms with E-state index in [1.807, 2.05) is 45.0 Å². The number of halogens is 1. The van der Waals surface area contributed by atoms with E-state index in [2.05, 4.69) is 26.8 Å². The zero-order valence-corrected chi connectivity index (χ0v) is 16.1. The fourth-order valence-electron chi connectivity index (χ4n) is 2.06. The summed E-state index contributed by atoms with van der Waals surface area (Å²) in [6.07, 6.45) is -0.687. The SMILES string of the molecule is CC(C)C(C)(C(=O)NNC(=O)OC(C)(C)C)c1ccc(Br)cc1. The fourth-order valence-corrected chi connectivity index (χ4v) is 2.33. The lowest BCUT2D eigenvalue weighted by Gasteiger charge is -2.33. The Morgan fingerprint density at radius 1 is 1.04 bits per heavy atom. The van der Waals surface area contributed by atoms with Crippen molar-refractivity contribution in [3.63, 3.8) is 0 Å². The number of hydrogen-bond donors (Lipinski definition) is 2. The summed E-state index contributed by atoms with van der Waals surface area (Å²) in [5.41, 5.74) is 4.24. The van der Waals surface area contributed by atoms with Gasteiger partial charge in [0.05, 0.1) is 5.41 Å². The van der Waals surface area contributed by atoms with Crippen molar-refractivity contribution in [1.82, 2.24) is 10.9 Å². The molecular weight excluding hydrogens is 360 g/mol. The van der Waals surface area contributed by atoms with Crippen LogP contribution in [0.1, 0.15) is 47.1 Å². The quantitative estimate of drug-likeness (QED) is 0.775. The summed E-state index contributed by atoms with van der Waals surface area (Å²) in [7, 11) is 0. The third-order valence-electron chi connectivity index (χ3n) is 3.75. The molecule has 1 rings (SSSR count). The van der Waals surface area contributed by atoms with Gasteiger partial charge in [0.1, 0.15) is 5.60 Å². The van der Waals surface area contributed by atoms with Gasteiger partial charge in [-0.3, -0.25) is 10.2 Å². The second kappa shape index (κ2) is 7.34. The van der Waals surface area contributed by atoms with Gasteiger partial charge < -0.3 is 4.74 Å². The lowest BCUT2D eigenvalue weighted by atomic mass is 9.73. The topological polar surface area (TPSA) is 67.4 Å². The van der Waals surface area contributed by atoms with Crippen LogP contribution in [0.2, 0.25) is 0 Å². The van der Waals surface area contributed by atoms with Crippen LogP contribution in [-0.2, 0) is 14.9 Å². The van der Waals surface area contributed by atoms with Crippen LogP contribution < -0.4 is 10.9 Å². The van der Waals surface area contributed by atoms with Gasteiger partial charge in [-0.15, -0.1) is 0 Å². The number of hydrazine groups is 1. The van der Waals surface area contributed by atoms with Crippen molar-refractivity contribution < 1.29 is 14.3 Å². The van der Waals surface area contributed by atoms with E-state index in [4.69, 9.17) is 4.74 Å². The van der Waals surface area contributed by atoms with Crippen LogP contribution in [0.25, 0.3) is 0 Å². The first-order valence-corrected chi connectivity index (χ1v) is 8.31. The van der Waals surface area contributed by atoms with Crippen LogP contribution in [0.5, 0.6) is 0 Å². The summed E-state index contributed by atoms with van der Waals surface area (Å²) in [6.45, 7) is 11.1. The standard InChI is InChI=1S/C17H25BrN2O3/c1-11(2)17(6,12-7-9-13(18)10-8-12)14(21)19-20-15(22)23-16(3,4)5/h7-11H,1-6H3,(H,19,21)(H,20,22). The van der Waals surface area contributed by atoms with Crippen LogP contribution in [0.4, 0.5) is 4.79 Å². The summed E-state index contributed by atoms with van der Waals surface area (Å²) >= 11 is 3.39. The normalized spacial score (nSPS) is 14.1. The summed E-state index contributed by atoms with van der Waals surface area (Å²) in [4.78, 5) is 24.4. The molecule has 6 heteroatoms. The van der Waals surface area contributed by atoms with Crippen LogP contribution in [0.15, 0.2) is 28.7 Å². The van der Waals surface area contributed by atoms with Gasteiger partial charge in [0, 0.05) is 4.47 Å². The Kier molecular flexibility index (Phi) is 6.22. The minimum atomic E-state index is -0.782. The second-order valence-corrected chi connectivity index (χ2v) is 7.86. The van der Waals surface area contributed by atoms with Crippen LogP contribution in [0.3, 0.4) is 0 Å². The zero-order valence-electron chi connectivity index (χ0n) is 14.5. The Labute approximate surface area is 146 Å². The Morgan fingerprint density at radius 2 is 1.57 bits per heavy atom. The van der Waals surface area contributed by atoms with Gasteiger partial charge in [-0.2, -0.15) is 0 Å². The fraction of sp³-hybridized carbons (Fsp3) is 0.529. The highest BCUT2D eigenvalue weighted by Crippen LogP contribution is 2.33. The summed E-state index contributed by atoms with van der Waals surface area (Å²) in [5.74, 6) is -0.259. The van der Waals surface area contributed by atoms with E-state index in [0.29, 0.717) is 0 Å². The summed E-state index contributed by atoms with van der Waals surface area (Å²) in [6, 6.07) is 7.59. The molecule has 0 aromatic heterocycles. The maximum Gasteiger partial charge on any atom is 0.426 e. The molecular formula is C17H25BrN2O3. The number of amides is 2. The molecule has 0 bridgehead atoms. The van der Waals surface area contributed by atoms with Crippen LogP contribution in [0, 0.1) is 5.92 Å². The number of ether oxygens (including phenoxy) is 1. The molecule has 0 aliphatic carbocycles. The van der Waals surface area contributed by atoms with Crippen LogP contribution >= 0.6 is 15.9 Å². The van der Waals surface area contributed by atoms with Gasteiger partial charge >= 0.3 is 6.09 Å². The van der Waals surface area contributed by atoms with Gasteiger partial charge in [0.25, 0.3) is 0 Å². The maximum atomic E-state index is 12.7. The van der Waals surface area contributed by atoms with Crippen LogP contribution in [-0.4, -0.2) is 17.6 Å². The summed E-state index contributed by atoms with van der Waals surface area (Å²) < 4.78 is 6.06. The van der Waals surface area contributed by atoms with Gasteiger partial charge in [0.2, 0.25) is 5.91 Å². The Hall–Kier alpha value is -1.56. The predicted molar refractivity (Wildman–Crippen MR) is 93.8 cm³/mol. The largest absolute Gasteiger partial charge is 0.443 e. The molecule has 1 unspecified atom stereocenters. The van der Waals surface area contributed by atoms with Gasteiger partial charge in [-0.25, -0.2) is 10.2 Å². The van der Waals surface area contributed by atoms with Gasteiger partial charge in [-0.1, -0.05) is 41.9 Å². The molecule has 2 N–H and O–H groups in total. The van der Waals surface area contributed by atoms with E-state index >= 15 is 0 Å². The minimum Gasteiger partial charge on any atom is -0.443 e. The first kappa shape index (κ1) is 19.5. The second-order valence-electron chi connectivity index (χ2n) is 6.94. The van der Waals surface area contributed by atoms with Crippen molar-refractivity contribution in [3.05, 3.63) is 34.3 Å². The third-order valence-corrected chi connectivity index (χ3v) is 4.28. The van der Waals surface area contributed by atoms with Crippen molar-refractivity contribution in [1.29, 1.82) is 0 Å². The Bertz CT molecular complexity index is 564. The number of hydrogen-bond acceptors (Lipinski definition) is 3. The molecule has 1 aromatic rings. The molecule has 2 amide bonds. The molecule has 0 spiro atoms. The van der Waals surface area contributed by atoms with Crippen molar-refractivity contribution in [2.24, 2.45) is 5.92 Å². The lowest BCUT2D eigenvalue weighted by Crippen LogP contribution is -2.53. The van der Waals surface area contributed by atoms with E-state index in [-0.39, 0.29) is 11.8 Å².